The number of benzene rings is 2. The summed E-state index contributed by atoms with van der Waals surface area (Å²) in [6.45, 7) is 1.03. The molecule has 168 valence electrons. The number of sulfonamides is 1. The molecule has 0 radical (unpaired) electrons. The molecule has 0 bridgehead atoms. The van der Waals surface area contributed by atoms with Crippen LogP contribution in [0.4, 0.5) is 5.69 Å². The average Bonchev–Trinajstić information content (AvgIpc) is 2.71. The molecule has 0 fully saturated rings. The van der Waals surface area contributed by atoms with E-state index in [1.165, 1.54) is 24.1 Å². The van der Waals surface area contributed by atoms with E-state index in [1.807, 2.05) is 0 Å². The van der Waals surface area contributed by atoms with Gasteiger partial charge in [-0.2, -0.15) is 0 Å². The van der Waals surface area contributed by atoms with Crippen molar-refractivity contribution in [2.24, 2.45) is 0 Å². The second-order valence-corrected chi connectivity index (χ2v) is 9.91. The molecule has 1 atom stereocenters. The van der Waals surface area contributed by atoms with Gasteiger partial charge in [0, 0.05) is 13.6 Å². The number of carbonyl (C=O) groups excluding carboxylic acids is 2. The highest BCUT2D eigenvalue weighted by Gasteiger charge is 2.30. The van der Waals surface area contributed by atoms with Crippen molar-refractivity contribution in [2.75, 3.05) is 24.2 Å². The smallest absolute Gasteiger partial charge is 0.244 e. The number of nitrogens with one attached hydrogen (secondary N) is 1. The van der Waals surface area contributed by atoms with E-state index in [0.717, 1.165) is 10.6 Å². The third-order valence-corrected chi connectivity index (χ3v) is 6.74. The van der Waals surface area contributed by atoms with Crippen LogP contribution in [0.2, 0.25) is 15.1 Å². The minimum atomic E-state index is -3.84. The number of rotatable bonds is 8. The Morgan fingerprint density at radius 2 is 1.68 bits per heavy atom. The Morgan fingerprint density at radius 3 is 2.23 bits per heavy atom. The Kier molecular flexibility index (Phi) is 8.59. The number of nitrogens with zero attached hydrogens (tertiary/aromatic N) is 2. The van der Waals surface area contributed by atoms with Gasteiger partial charge in [0.2, 0.25) is 21.8 Å². The number of para-hydroxylation sites is 1. The highest BCUT2D eigenvalue weighted by atomic mass is 35.5. The van der Waals surface area contributed by atoms with Gasteiger partial charge in [0.15, 0.2) is 0 Å². The van der Waals surface area contributed by atoms with Gasteiger partial charge in [0.1, 0.15) is 12.6 Å². The van der Waals surface area contributed by atoms with Gasteiger partial charge >= 0.3 is 0 Å². The first kappa shape index (κ1) is 25.3. The zero-order valence-corrected chi connectivity index (χ0v) is 20.2. The number of amides is 2. The molecule has 0 spiro atoms. The van der Waals surface area contributed by atoms with Gasteiger partial charge in [-0.15, -0.1) is 0 Å². The molecule has 2 aromatic carbocycles. The van der Waals surface area contributed by atoms with Crippen LogP contribution in [0.5, 0.6) is 0 Å². The molecule has 0 aliphatic heterocycles. The number of hydrogen-bond donors (Lipinski definition) is 1. The van der Waals surface area contributed by atoms with Crippen molar-refractivity contribution in [2.45, 2.75) is 19.5 Å². The molecule has 0 heterocycles. The van der Waals surface area contributed by atoms with E-state index in [1.54, 1.807) is 37.3 Å². The zero-order chi connectivity index (χ0) is 23.3. The van der Waals surface area contributed by atoms with Crippen molar-refractivity contribution in [1.82, 2.24) is 10.2 Å². The summed E-state index contributed by atoms with van der Waals surface area (Å²) in [6.07, 6.45) is 0.981. The Hall–Kier alpha value is -2.00. The number of likely N-dealkylation sites (N-methyl/N-ethyl adjacent to an activating group) is 1. The van der Waals surface area contributed by atoms with Gasteiger partial charge in [-0.1, -0.05) is 53.0 Å². The largest absolute Gasteiger partial charge is 0.357 e. The summed E-state index contributed by atoms with van der Waals surface area (Å²) in [7, 11) is -2.39. The van der Waals surface area contributed by atoms with Gasteiger partial charge in [-0.3, -0.25) is 13.9 Å². The lowest BCUT2D eigenvalue weighted by Gasteiger charge is -2.31. The van der Waals surface area contributed by atoms with Crippen molar-refractivity contribution < 1.29 is 18.0 Å². The maximum atomic E-state index is 13.2. The molecule has 0 saturated heterocycles. The van der Waals surface area contributed by atoms with Crippen LogP contribution in [0.3, 0.4) is 0 Å². The molecule has 2 aromatic rings. The van der Waals surface area contributed by atoms with Crippen LogP contribution < -0.4 is 9.62 Å². The molecule has 0 aliphatic carbocycles. The van der Waals surface area contributed by atoms with Crippen LogP contribution in [-0.2, 0) is 26.2 Å². The summed E-state index contributed by atoms with van der Waals surface area (Å²) in [4.78, 5) is 26.8. The van der Waals surface area contributed by atoms with Crippen LogP contribution in [0, 0.1) is 0 Å². The SMILES string of the molecule is CNC(=O)C(C)N(Cc1ccc(Cl)c(Cl)c1)C(=O)CN(c1ccccc1Cl)S(C)(=O)=O. The standard InChI is InChI=1S/C20H22Cl3N3O4S/c1-13(20(28)24-2)25(11-14-8-9-15(21)17(23)10-14)19(27)12-26(31(3,29)30)18-7-5-4-6-16(18)22/h4-10,13H,11-12H2,1-3H3,(H,24,28). The van der Waals surface area contributed by atoms with Gasteiger partial charge in [-0.25, -0.2) is 8.42 Å². The first-order valence-corrected chi connectivity index (χ1v) is 12.1. The Balaban J connectivity index is 2.41. The van der Waals surface area contributed by atoms with E-state index in [2.05, 4.69) is 5.32 Å². The van der Waals surface area contributed by atoms with Crippen molar-refractivity contribution in [3.63, 3.8) is 0 Å². The van der Waals surface area contributed by atoms with E-state index >= 15 is 0 Å². The topological polar surface area (TPSA) is 86.8 Å². The molecule has 1 N–H and O–H groups in total. The first-order chi connectivity index (χ1) is 14.5. The predicted octanol–water partition coefficient (Wildman–Crippen LogP) is 3.58. The summed E-state index contributed by atoms with van der Waals surface area (Å²) < 4.78 is 25.8. The summed E-state index contributed by atoms with van der Waals surface area (Å²) in [5, 5.41) is 3.33. The number of carbonyl (C=O) groups is 2. The van der Waals surface area contributed by atoms with Gasteiger partial charge in [-0.05, 0) is 36.8 Å². The zero-order valence-electron chi connectivity index (χ0n) is 17.1. The van der Waals surface area contributed by atoms with Crippen molar-refractivity contribution in [1.29, 1.82) is 0 Å². The summed E-state index contributed by atoms with van der Waals surface area (Å²) in [5.41, 5.74) is 0.796. The molecular formula is C20H22Cl3N3O4S. The molecule has 31 heavy (non-hydrogen) atoms. The second-order valence-electron chi connectivity index (χ2n) is 6.78. The maximum Gasteiger partial charge on any atom is 0.244 e. The molecular weight excluding hydrogens is 485 g/mol. The average molecular weight is 507 g/mol. The fourth-order valence-electron chi connectivity index (χ4n) is 2.87. The van der Waals surface area contributed by atoms with Crippen LogP contribution in [0.1, 0.15) is 12.5 Å². The summed E-state index contributed by atoms with van der Waals surface area (Å²) >= 11 is 18.2. The van der Waals surface area contributed by atoms with E-state index in [-0.39, 0.29) is 17.3 Å². The van der Waals surface area contributed by atoms with Crippen LogP contribution in [0.25, 0.3) is 0 Å². The summed E-state index contributed by atoms with van der Waals surface area (Å²) in [6, 6.07) is 10.3. The Labute approximate surface area is 196 Å². The molecule has 7 nitrogen and oxygen atoms in total. The highest BCUT2D eigenvalue weighted by molar-refractivity contribution is 7.92. The number of anilines is 1. The second kappa shape index (κ2) is 10.5. The van der Waals surface area contributed by atoms with Crippen LogP contribution in [-0.4, -0.2) is 51.0 Å². The van der Waals surface area contributed by atoms with Crippen molar-refractivity contribution in [3.8, 4) is 0 Å². The van der Waals surface area contributed by atoms with E-state index in [0.29, 0.717) is 15.6 Å². The third kappa shape index (κ3) is 6.49. The van der Waals surface area contributed by atoms with Gasteiger partial charge < -0.3 is 10.2 Å². The molecule has 1 unspecified atom stereocenters. The lowest BCUT2D eigenvalue weighted by molar-refractivity contribution is -0.139. The van der Waals surface area contributed by atoms with Gasteiger partial charge in [0.05, 0.1) is 27.0 Å². The van der Waals surface area contributed by atoms with Crippen molar-refractivity contribution >= 4 is 62.3 Å². The minimum absolute atomic E-state index is 0.0183. The molecule has 0 aliphatic rings. The van der Waals surface area contributed by atoms with Crippen LogP contribution in [0.15, 0.2) is 42.5 Å². The third-order valence-electron chi connectivity index (χ3n) is 4.55. The van der Waals surface area contributed by atoms with Crippen LogP contribution >= 0.6 is 34.8 Å². The maximum absolute atomic E-state index is 13.2. The fourth-order valence-corrected chi connectivity index (χ4v) is 4.34. The predicted molar refractivity (Wildman–Crippen MR) is 124 cm³/mol. The Morgan fingerprint density at radius 1 is 1.03 bits per heavy atom. The van der Waals surface area contributed by atoms with E-state index < -0.39 is 34.4 Å². The molecule has 0 aromatic heterocycles. The molecule has 2 amide bonds. The quantitative estimate of drug-likeness (QED) is 0.593. The number of hydrogen-bond acceptors (Lipinski definition) is 4. The molecule has 0 saturated carbocycles. The normalized spacial score (nSPS) is 12.2. The fraction of sp³-hybridized carbons (Fsp3) is 0.300. The first-order valence-electron chi connectivity index (χ1n) is 9.13. The lowest BCUT2D eigenvalue weighted by atomic mass is 10.1. The number of halogens is 3. The summed E-state index contributed by atoms with van der Waals surface area (Å²) in [5.74, 6) is -0.996. The molecule has 11 heteroatoms. The lowest BCUT2D eigenvalue weighted by Crippen LogP contribution is -2.50. The van der Waals surface area contributed by atoms with Crippen molar-refractivity contribution in [3.05, 3.63) is 63.1 Å². The Bertz CT molecular complexity index is 1080. The van der Waals surface area contributed by atoms with E-state index in [4.69, 9.17) is 34.8 Å². The molecule has 2 rings (SSSR count). The minimum Gasteiger partial charge on any atom is -0.357 e. The highest BCUT2D eigenvalue weighted by Crippen LogP contribution is 2.28. The van der Waals surface area contributed by atoms with Gasteiger partial charge in [0.25, 0.3) is 0 Å². The monoisotopic (exact) mass is 505 g/mol. The van der Waals surface area contributed by atoms with E-state index in [9.17, 15) is 18.0 Å².